The summed E-state index contributed by atoms with van der Waals surface area (Å²) in [6, 6.07) is 5.66. The van der Waals surface area contributed by atoms with Crippen LogP contribution in [0.4, 0.5) is 0 Å². The van der Waals surface area contributed by atoms with E-state index in [4.69, 9.17) is 10.3 Å². The van der Waals surface area contributed by atoms with Crippen molar-refractivity contribution in [1.29, 1.82) is 0 Å². The monoisotopic (exact) mass is 336 g/mol. The molecule has 0 aliphatic rings. The van der Waals surface area contributed by atoms with Crippen molar-refractivity contribution >= 4 is 28.7 Å². The largest absolute Gasteiger partial charge is 0.462 e. The van der Waals surface area contributed by atoms with Crippen molar-refractivity contribution in [2.75, 3.05) is 6.61 Å². The molecule has 0 aliphatic carbocycles. The van der Waals surface area contributed by atoms with Crippen LogP contribution in [0.2, 0.25) is 0 Å². The van der Waals surface area contributed by atoms with E-state index >= 15 is 0 Å². The number of ether oxygens (including phenoxy) is 1. The number of carbonyl (C=O) groups is 1. The zero-order chi connectivity index (χ0) is 18.0. The van der Waals surface area contributed by atoms with Gasteiger partial charge in [0.2, 0.25) is 0 Å². The number of hydrogen-bond donors (Lipinski definition) is 0. The Labute approximate surface area is 143 Å². The maximum Gasteiger partial charge on any atom is 0.340 e. The summed E-state index contributed by atoms with van der Waals surface area (Å²) in [7, 11) is 0. The fourth-order valence-corrected chi connectivity index (χ4v) is 2.62. The van der Waals surface area contributed by atoms with E-state index in [-0.39, 0.29) is 12.3 Å². The second-order valence-corrected chi connectivity index (χ2v) is 5.49. The molecule has 0 radical (unpaired) electrons. The number of hydrogen-bond acceptors (Lipinski definition) is 5. The molecule has 0 atom stereocenters. The number of rotatable bonds is 4. The fourth-order valence-electron chi connectivity index (χ4n) is 2.62. The van der Waals surface area contributed by atoms with Gasteiger partial charge in [0.15, 0.2) is 0 Å². The summed E-state index contributed by atoms with van der Waals surface area (Å²) in [5, 5.41) is 4.35. The first kappa shape index (κ1) is 16.5. The van der Waals surface area contributed by atoms with Gasteiger partial charge in [-0.25, -0.2) is 14.8 Å². The second kappa shape index (κ2) is 6.62. The fraction of sp³-hybridized carbons (Fsp3) is 0.235. The summed E-state index contributed by atoms with van der Waals surface area (Å²) in [5.41, 5.74) is 12.5. The van der Waals surface area contributed by atoms with Gasteiger partial charge in [0.1, 0.15) is 17.0 Å². The lowest BCUT2D eigenvalue weighted by Crippen LogP contribution is -2.05. The molecular weight excluding hydrogens is 320 g/mol. The molecule has 0 aromatic carbocycles. The minimum absolute atomic E-state index is 0.138. The van der Waals surface area contributed by atoms with E-state index < -0.39 is 5.97 Å². The molecule has 8 nitrogen and oxygen atoms in total. The Hall–Kier alpha value is -3.38. The van der Waals surface area contributed by atoms with Gasteiger partial charge < -0.3 is 4.74 Å². The predicted octanol–water partition coefficient (Wildman–Crippen LogP) is 3.71. The normalized spacial score (nSPS) is 11.6. The van der Waals surface area contributed by atoms with Gasteiger partial charge in [-0.15, -0.1) is 0 Å². The van der Waals surface area contributed by atoms with E-state index in [2.05, 4.69) is 20.0 Å². The topological polar surface area (TPSA) is 105 Å². The lowest BCUT2D eigenvalue weighted by atomic mass is 10.2. The molecular formula is C17H16N6O2. The number of azide groups is 1. The van der Waals surface area contributed by atoms with Crippen molar-refractivity contribution in [3.63, 3.8) is 0 Å². The van der Waals surface area contributed by atoms with Crippen molar-refractivity contribution in [3.05, 3.63) is 57.5 Å². The molecule has 0 bridgehead atoms. The maximum absolute atomic E-state index is 11.9. The van der Waals surface area contributed by atoms with Gasteiger partial charge in [0.05, 0.1) is 18.0 Å². The molecule has 0 unspecified atom stereocenters. The van der Waals surface area contributed by atoms with Gasteiger partial charge in [-0.3, -0.25) is 4.40 Å². The molecule has 126 valence electrons. The van der Waals surface area contributed by atoms with E-state index in [1.54, 1.807) is 13.0 Å². The smallest absolute Gasteiger partial charge is 0.340 e. The van der Waals surface area contributed by atoms with E-state index in [0.717, 1.165) is 22.3 Å². The summed E-state index contributed by atoms with van der Waals surface area (Å²) in [5.74, 6) is -0.685. The van der Waals surface area contributed by atoms with E-state index in [1.165, 1.54) is 6.08 Å². The summed E-state index contributed by atoms with van der Waals surface area (Å²) >= 11 is 0. The predicted molar refractivity (Wildman–Crippen MR) is 93.7 cm³/mol. The molecule has 0 fully saturated rings. The van der Waals surface area contributed by atoms with Crippen LogP contribution in [0.3, 0.4) is 0 Å². The number of pyridine rings is 2. The van der Waals surface area contributed by atoms with Crippen molar-refractivity contribution < 1.29 is 9.53 Å². The summed E-state index contributed by atoms with van der Waals surface area (Å²) in [6.45, 7) is 5.79. The van der Waals surface area contributed by atoms with Crippen LogP contribution in [0.25, 0.3) is 33.2 Å². The first-order chi connectivity index (χ1) is 12.0. The van der Waals surface area contributed by atoms with Crippen LogP contribution in [0.5, 0.6) is 0 Å². The highest BCUT2D eigenvalue weighted by molar-refractivity contribution is 5.93. The van der Waals surface area contributed by atoms with Gasteiger partial charge in [0.25, 0.3) is 0 Å². The molecule has 8 heteroatoms. The Kier molecular flexibility index (Phi) is 4.36. The Morgan fingerprint density at radius 2 is 2.16 bits per heavy atom. The Morgan fingerprint density at radius 3 is 2.88 bits per heavy atom. The summed E-state index contributed by atoms with van der Waals surface area (Å²) in [6.07, 6.45) is 3.32. The number of nitrogens with zero attached hydrogens (tertiary/aromatic N) is 6. The Morgan fingerprint density at radius 1 is 1.36 bits per heavy atom. The van der Waals surface area contributed by atoms with Crippen molar-refractivity contribution in [2.45, 2.75) is 20.8 Å². The number of carbonyl (C=O) groups excluding carboxylic acids is 1. The zero-order valence-corrected chi connectivity index (χ0v) is 14.1. The van der Waals surface area contributed by atoms with Gasteiger partial charge in [0, 0.05) is 16.5 Å². The van der Waals surface area contributed by atoms with Gasteiger partial charge in [-0.1, -0.05) is 5.11 Å². The van der Waals surface area contributed by atoms with Gasteiger partial charge in [-0.2, -0.15) is 0 Å². The van der Waals surface area contributed by atoms with Crippen LogP contribution in [0.15, 0.2) is 35.2 Å². The van der Waals surface area contributed by atoms with Gasteiger partial charge in [-0.05, 0) is 56.1 Å². The molecule has 3 aromatic heterocycles. The highest BCUT2D eigenvalue weighted by atomic mass is 16.5. The molecule has 0 saturated carbocycles. The van der Waals surface area contributed by atoms with Crippen LogP contribution < -0.4 is 0 Å². The summed E-state index contributed by atoms with van der Waals surface area (Å²) < 4.78 is 6.80. The number of aromatic nitrogens is 3. The lowest BCUT2D eigenvalue weighted by Gasteiger charge is -2.06. The molecule has 0 saturated heterocycles. The molecule has 3 heterocycles. The van der Waals surface area contributed by atoms with Crippen LogP contribution in [0, 0.1) is 13.8 Å². The third-order valence-electron chi connectivity index (χ3n) is 3.63. The number of imidazole rings is 1. The van der Waals surface area contributed by atoms with E-state index in [1.807, 2.05) is 36.6 Å². The lowest BCUT2D eigenvalue weighted by molar-refractivity contribution is -0.138. The average molecular weight is 336 g/mol. The Bertz CT molecular complexity index is 1060. The van der Waals surface area contributed by atoms with Crippen LogP contribution in [-0.2, 0) is 9.53 Å². The first-order valence-electron chi connectivity index (χ1n) is 7.73. The number of esters is 1. The zero-order valence-electron chi connectivity index (χ0n) is 14.1. The molecule has 3 aromatic rings. The molecule has 0 N–H and O–H groups in total. The highest BCUT2D eigenvalue weighted by Gasteiger charge is 2.11. The number of aryl methyl sites for hydroxylation is 2. The Balaban J connectivity index is 2.18. The van der Waals surface area contributed by atoms with Gasteiger partial charge >= 0.3 is 5.97 Å². The van der Waals surface area contributed by atoms with Crippen molar-refractivity contribution in [1.82, 2.24) is 14.4 Å². The second-order valence-electron chi connectivity index (χ2n) is 5.49. The van der Waals surface area contributed by atoms with E-state index in [9.17, 15) is 4.79 Å². The van der Waals surface area contributed by atoms with Crippen molar-refractivity contribution in [3.8, 4) is 0 Å². The molecule has 0 spiro atoms. The highest BCUT2D eigenvalue weighted by Crippen LogP contribution is 2.21. The third-order valence-corrected chi connectivity index (χ3v) is 3.63. The first-order valence-corrected chi connectivity index (χ1v) is 7.73. The standard InChI is InChI=1S/C17H16N6O2/c1-4-25-17(24)14(21-22-18)8-13-6-5-12-7-10(2)15-19-11(3)9-23(15)16(12)20-13/h5-9H,4H2,1-3H3/b14-8-. The van der Waals surface area contributed by atoms with E-state index in [0.29, 0.717) is 11.3 Å². The SMILES string of the molecule is CCOC(=O)/C(=C/c1ccc2cc(C)c3nc(C)cn3c2n1)N=[N+]=[N-]. The van der Waals surface area contributed by atoms with Crippen molar-refractivity contribution in [2.24, 2.45) is 5.11 Å². The maximum atomic E-state index is 11.9. The minimum atomic E-state index is -0.685. The van der Waals surface area contributed by atoms with Crippen LogP contribution in [0.1, 0.15) is 23.9 Å². The average Bonchev–Trinajstić information content (AvgIpc) is 2.98. The molecule has 0 aliphatic heterocycles. The van der Waals surface area contributed by atoms with Crippen LogP contribution >= 0.6 is 0 Å². The molecule has 3 rings (SSSR count). The van der Waals surface area contributed by atoms with Crippen LogP contribution in [-0.4, -0.2) is 26.9 Å². The quantitative estimate of drug-likeness (QED) is 0.238. The third kappa shape index (κ3) is 3.15. The minimum Gasteiger partial charge on any atom is -0.462 e. The number of fused-ring (bicyclic) bond motifs is 3. The summed E-state index contributed by atoms with van der Waals surface area (Å²) in [4.78, 5) is 23.6. The molecule has 0 amide bonds. The molecule has 25 heavy (non-hydrogen) atoms.